The second-order valence-corrected chi connectivity index (χ2v) is 22.9. The van der Waals surface area contributed by atoms with Gasteiger partial charge in [0.05, 0.1) is 52.9 Å². The van der Waals surface area contributed by atoms with Crippen LogP contribution >= 0.6 is 30.1 Å². The molecule has 15 nitrogen and oxygen atoms in total. The SMILES string of the molecule is COc1cc(CCNCCCC(=O)N[C@H](C(=O)N2C[C@H](O)C[C@H]2C(=O)N[C@@H](C)c2ccc(-c3scnc3C)cc2)C(C)(C)C)c(C)cc1Nc1ncc(Cl)c(Nc2ccccc2P(C)(C)=O)n1. The van der Waals surface area contributed by atoms with Crippen molar-refractivity contribution in [2.24, 2.45) is 5.41 Å². The zero-order chi connectivity index (χ0) is 48.6. The maximum absolute atomic E-state index is 14.2. The van der Waals surface area contributed by atoms with Gasteiger partial charge in [-0.05, 0) is 112 Å². The van der Waals surface area contributed by atoms with E-state index in [4.69, 9.17) is 16.3 Å². The van der Waals surface area contributed by atoms with E-state index in [-0.39, 0.29) is 37.2 Å². The number of carbonyl (C=O) groups is 3. The number of halogens is 1. The van der Waals surface area contributed by atoms with E-state index in [1.165, 1.54) is 11.1 Å². The number of aromatic nitrogens is 3. The zero-order valence-corrected chi connectivity index (χ0v) is 42.2. The highest BCUT2D eigenvalue weighted by atomic mass is 35.5. The first-order valence-corrected chi connectivity index (χ1v) is 26.3. The number of benzene rings is 3. The van der Waals surface area contributed by atoms with Crippen molar-refractivity contribution in [2.45, 2.75) is 91.5 Å². The lowest BCUT2D eigenvalue weighted by Crippen LogP contribution is -2.57. The third kappa shape index (κ3) is 13.2. The first kappa shape index (κ1) is 51.0. The van der Waals surface area contributed by atoms with E-state index in [1.807, 2.05) is 108 Å². The predicted octanol–water partition coefficient (Wildman–Crippen LogP) is 7.90. The van der Waals surface area contributed by atoms with E-state index in [9.17, 15) is 24.1 Å². The second kappa shape index (κ2) is 22.2. The van der Waals surface area contributed by atoms with Gasteiger partial charge >= 0.3 is 0 Å². The molecule has 1 saturated heterocycles. The van der Waals surface area contributed by atoms with E-state index in [2.05, 4.69) is 41.5 Å². The van der Waals surface area contributed by atoms with Crippen LogP contribution in [-0.2, 0) is 25.4 Å². The molecule has 4 atom stereocenters. The number of nitrogens with zero attached hydrogens (tertiary/aromatic N) is 4. The van der Waals surface area contributed by atoms with Gasteiger partial charge in [0.25, 0.3) is 0 Å². The summed E-state index contributed by atoms with van der Waals surface area (Å²) < 4.78 is 18.7. The molecule has 358 valence electrons. The molecule has 0 bridgehead atoms. The van der Waals surface area contributed by atoms with Crippen molar-refractivity contribution in [2.75, 3.05) is 50.7 Å². The number of thiazole rings is 1. The summed E-state index contributed by atoms with van der Waals surface area (Å²) in [6.45, 7) is 16.1. The van der Waals surface area contributed by atoms with E-state index in [0.717, 1.165) is 32.8 Å². The fraction of sp³-hybridized carbons (Fsp3) is 0.429. The van der Waals surface area contributed by atoms with Gasteiger partial charge in [0.2, 0.25) is 23.7 Å². The fourth-order valence-corrected chi connectivity index (χ4v) is 10.2. The minimum Gasteiger partial charge on any atom is -0.495 e. The lowest BCUT2D eigenvalue weighted by Gasteiger charge is -2.35. The van der Waals surface area contributed by atoms with Crippen LogP contribution in [0.4, 0.5) is 23.1 Å². The summed E-state index contributed by atoms with van der Waals surface area (Å²) >= 11 is 8.05. The lowest BCUT2D eigenvalue weighted by molar-refractivity contribution is -0.144. The number of aliphatic hydroxyl groups is 1. The van der Waals surface area contributed by atoms with Crippen molar-refractivity contribution in [1.82, 2.24) is 35.8 Å². The Morgan fingerprint density at radius 2 is 1.73 bits per heavy atom. The van der Waals surface area contributed by atoms with Crippen LogP contribution in [0.25, 0.3) is 10.4 Å². The summed E-state index contributed by atoms with van der Waals surface area (Å²) in [5, 5.41) is 27.6. The Balaban J connectivity index is 0.981. The van der Waals surface area contributed by atoms with E-state index in [0.29, 0.717) is 65.1 Å². The van der Waals surface area contributed by atoms with Crippen LogP contribution in [0.2, 0.25) is 5.02 Å². The molecule has 0 saturated carbocycles. The summed E-state index contributed by atoms with van der Waals surface area (Å²) in [5.41, 5.74) is 7.50. The van der Waals surface area contributed by atoms with Gasteiger partial charge in [0.1, 0.15) is 30.0 Å². The number of nitrogens with one attached hydrogen (secondary N) is 5. The van der Waals surface area contributed by atoms with Crippen molar-refractivity contribution in [3.8, 4) is 16.2 Å². The van der Waals surface area contributed by atoms with Crippen molar-refractivity contribution in [1.29, 1.82) is 0 Å². The molecule has 3 heterocycles. The normalized spacial score (nSPS) is 16.0. The number of para-hydroxylation sites is 1. The minimum atomic E-state index is -2.58. The van der Waals surface area contributed by atoms with Gasteiger partial charge < -0.3 is 45.9 Å². The number of rotatable bonds is 19. The molecule has 5 aromatic rings. The number of amides is 3. The number of β-amino-alcohol motifs (C(OH)–C–C–N with tert-alkyl or cyclic N) is 1. The topological polar surface area (TPSA) is 200 Å². The van der Waals surface area contributed by atoms with Gasteiger partial charge in [-0.15, -0.1) is 11.3 Å². The Kier molecular flexibility index (Phi) is 16.9. The molecule has 18 heteroatoms. The molecule has 6 N–H and O–H groups in total. The number of carbonyl (C=O) groups excluding carboxylic acids is 3. The van der Waals surface area contributed by atoms with Gasteiger partial charge in [0, 0.05) is 24.7 Å². The number of likely N-dealkylation sites (tertiary alicyclic amines) is 1. The van der Waals surface area contributed by atoms with Crippen molar-refractivity contribution in [3.05, 3.63) is 99.8 Å². The summed E-state index contributed by atoms with van der Waals surface area (Å²) in [5.74, 6) is 0.241. The van der Waals surface area contributed by atoms with Crippen LogP contribution in [0, 0.1) is 19.3 Å². The Labute approximate surface area is 402 Å². The first-order chi connectivity index (χ1) is 31.7. The number of ether oxygens (including phenoxy) is 1. The molecule has 3 amide bonds. The van der Waals surface area contributed by atoms with Crippen LogP contribution < -0.4 is 36.6 Å². The largest absolute Gasteiger partial charge is 0.495 e. The highest BCUT2D eigenvalue weighted by Crippen LogP contribution is 2.39. The Hall–Kier alpha value is -5.38. The first-order valence-electron chi connectivity index (χ1n) is 22.4. The number of aryl methyl sites for hydroxylation is 2. The van der Waals surface area contributed by atoms with Gasteiger partial charge in [0.15, 0.2) is 5.82 Å². The molecule has 1 fully saturated rings. The summed E-state index contributed by atoms with van der Waals surface area (Å²) in [6, 6.07) is 17.1. The second-order valence-electron chi connectivity index (χ2n) is 18.5. The Morgan fingerprint density at radius 3 is 2.40 bits per heavy atom. The Morgan fingerprint density at radius 1 is 1.00 bits per heavy atom. The van der Waals surface area contributed by atoms with E-state index in [1.54, 1.807) is 31.8 Å². The van der Waals surface area contributed by atoms with Crippen LogP contribution in [0.1, 0.15) is 75.4 Å². The quantitative estimate of drug-likeness (QED) is 0.0346. The van der Waals surface area contributed by atoms with Crippen LogP contribution in [0.5, 0.6) is 5.75 Å². The number of methoxy groups -OCH3 is 1. The van der Waals surface area contributed by atoms with E-state index >= 15 is 0 Å². The smallest absolute Gasteiger partial charge is 0.246 e. The molecule has 1 aliphatic rings. The molecule has 6 rings (SSSR count). The van der Waals surface area contributed by atoms with Crippen LogP contribution in [0.15, 0.2) is 72.4 Å². The van der Waals surface area contributed by atoms with Gasteiger partial charge in [-0.2, -0.15) is 4.98 Å². The van der Waals surface area contributed by atoms with Gasteiger partial charge in [-0.1, -0.05) is 68.8 Å². The van der Waals surface area contributed by atoms with Crippen LogP contribution in [-0.4, -0.2) is 101 Å². The molecule has 0 aliphatic carbocycles. The maximum Gasteiger partial charge on any atom is 0.246 e. The molecule has 1 aliphatic heterocycles. The fourth-order valence-electron chi connectivity index (χ4n) is 8.05. The third-order valence-electron chi connectivity index (χ3n) is 11.8. The molecule has 2 aromatic heterocycles. The number of hydrogen-bond acceptors (Lipinski definition) is 13. The van der Waals surface area contributed by atoms with Gasteiger partial charge in [-0.3, -0.25) is 14.4 Å². The highest BCUT2D eigenvalue weighted by Gasteiger charge is 2.44. The molecule has 3 aromatic carbocycles. The molecule has 67 heavy (non-hydrogen) atoms. The average molecular weight is 973 g/mol. The van der Waals surface area contributed by atoms with Crippen molar-refractivity contribution in [3.63, 3.8) is 0 Å². The molecule has 0 unspecified atom stereocenters. The monoisotopic (exact) mass is 971 g/mol. The number of aliphatic hydroxyl groups excluding tert-OH is 1. The lowest BCUT2D eigenvalue weighted by atomic mass is 9.85. The predicted molar refractivity (Wildman–Crippen MR) is 269 cm³/mol. The minimum absolute atomic E-state index is 0.00103. The van der Waals surface area contributed by atoms with E-state index < -0.39 is 36.7 Å². The summed E-state index contributed by atoms with van der Waals surface area (Å²) in [7, 11) is -0.984. The zero-order valence-electron chi connectivity index (χ0n) is 39.7. The molecular formula is C49H63ClN9O6PS. The maximum atomic E-state index is 14.2. The highest BCUT2D eigenvalue weighted by molar-refractivity contribution is 7.70. The van der Waals surface area contributed by atoms with Gasteiger partial charge in [-0.25, -0.2) is 9.97 Å². The molecule has 0 radical (unpaired) electrons. The summed E-state index contributed by atoms with van der Waals surface area (Å²) in [6.07, 6.45) is 2.17. The van der Waals surface area contributed by atoms with Crippen molar-refractivity contribution < 1.29 is 28.8 Å². The number of hydrogen-bond donors (Lipinski definition) is 6. The summed E-state index contributed by atoms with van der Waals surface area (Å²) in [4.78, 5) is 57.0. The Bertz CT molecular complexity index is 2600. The van der Waals surface area contributed by atoms with Crippen molar-refractivity contribution >= 4 is 76.2 Å². The molecular weight excluding hydrogens is 909 g/mol. The third-order valence-corrected chi connectivity index (χ3v) is 14.6. The number of anilines is 4. The average Bonchev–Trinajstić information content (AvgIpc) is 3.90. The standard InChI is InChI=1S/C49H63ClN9O6PS/c1-29-23-38(56-48-52-26-36(50)45(58-48)55-37-13-10-11-14-41(37)66(8,9)64)40(65-7)24-34(29)20-22-51-21-12-15-42(61)57-44(49(4,5)6)47(63)59-27-35(60)25-39(59)46(62)54-30(2)32-16-18-33(19-17-32)43-31(3)53-28-67-43/h10-11,13-14,16-19,23-24,26,28,30,35,39,44,51,60H,12,15,20-22,25,27H2,1-9H3,(H,54,62)(H,57,61)(H2,52,55,56,58)/t30-,35+,39-,44+/m0/s1. The van der Waals surface area contributed by atoms with Crippen LogP contribution in [0.3, 0.4) is 0 Å². The molecule has 0 spiro atoms.